The summed E-state index contributed by atoms with van der Waals surface area (Å²) in [5.41, 5.74) is 0. The largest absolute Gasteiger partial charge is 0.497 e. The van der Waals surface area contributed by atoms with Crippen LogP contribution in [0.2, 0.25) is 0 Å². The minimum Gasteiger partial charge on any atom is -0.497 e. The van der Waals surface area contributed by atoms with Gasteiger partial charge in [-0.15, -0.1) is 0 Å². The van der Waals surface area contributed by atoms with Gasteiger partial charge in [-0.1, -0.05) is 0 Å². The van der Waals surface area contributed by atoms with Crippen LogP contribution in [0.5, 0.6) is 11.5 Å². The number of rotatable bonds is 7. The van der Waals surface area contributed by atoms with Crippen LogP contribution < -0.4 is 9.47 Å². The Hall–Kier alpha value is -2.24. The van der Waals surface area contributed by atoms with Crippen LogP contribution >= 0.6 is 0 Å². The SMILES string of the molecule is COc1ccc(OCCCC(=O)N2CC(C(=O)O)CCC2C)cc1. The van der Waals surface area contributed by atoms with Gasteiger partial charge in [0.2, 0.25) is 5.91 Å². The summed E-state index contributed by atoms with van der Waals surface area (Å²) in [4.78, 5) is 25.2. The van der Waals surface area contributed by atoms with Gasteiger partial charge in [0.05, 0.1) is 19.6 Å². The van der Waals surface area contributed by atoms with Crippen LogP contribution in [0.15, 0.2) is 24.3 Å². The molecular formula is C18H25NO5. The number of ether oxygens (including phenoxy) is 2. The van der Waals surface area contributed by atoms with Gasteiger partial charge in [-0.2, -0.15) is 0 Å². The normalized spacial score (nSPS) is 20.5. The smallest absolute Gasteiger partial charge is 0.308 e. The summed E-state index contributed by atoms with van der Waals surface area (Å²) in [5, 5.41) is 9.13. The van der Waals surface area contributed by atoms with E-state index in [0.29, 0.717) is 32.4 Å². The average molecular weight is 335 g/mol. The molecule has 1 heterocycles. The minimum absolute atomic E-state index is 0.00628. The molecule has 0 radical (unpaired) electrons. The molecule has 1 saturated heterocycles. The van der Waals surface area contributed by atoms with Gasteiger partial charge in [-0.3, -0.25) is 9.59 Å². The van der Waals surface area contributed by atoms with Crippen molar-refractivity contribution in [2.24, 2.45) is 5.92 Å². The van der Waals surface area contributed by atoms with Gasteiger partial charge in [0, 0.05) is 19.0 Å². The highest BCUT2D eigenvalue weighted by Crippen LogP contribution is 2.23. The lowest BCUT2D eigenvalue weighted by molar-refractivity contribution is -0.147. The number of carboxylic acid groups (broad SMARTS) is 1. The molecule has 132 valence electrons. The van der Waals surface area contributed by atoms with Crippen molar-refractivity contribution < 1.29 is 24.2 Å². The number of carbonyl (C=O) groups is 2. The summed E-state index contributed by atoms with van der Waals surface area (Å²) in [7, 11) is 1.61. The van der Waals surface area contributed by atoms with Crippen molar-refractivity contribution in [2.75, 3.05) is 20.3 Å². The molecule has 0 aliphatic carbocycles. The second-order valence-electron chi connectivity index (χ2n) is 6.14. The third-order valence-electron chi connectivity index (χ3n) is 4.41. The first-order chi connectivity index (χ1) is 11.5. The van der Waals surface area contributed by atoms with Crippen LogP contribution in [0.25, 0.3) is 0 Å². The quantitative estimate of drug-likeness (QED) is 0.775. The molecule has 1 amide bonds. The summed E-state index contributed by atoms with van der Waals surface area (Å²) in [5.74, 6) is 0.250. The zero-order valence-electron chi connectivity index (χ0n) is 14.2. The first-order valence-corrected chi connectivity index (χ1v) is 8.30. The van der Waals surface area contributed by atoms with Crippen LogP contribution in [0.3, 0.4) is 0 Å². The second kappa shape index (κ2) is 8.57. The van der Waals surface area contributed by atoms with E-state index in [9.17, 15) is 9.59 Å². The van der Waals surface area contributed by atoms with Crippen molar-refractivity contribution in [1.82, 2.24) is 4.90 Å². The molecular weight excluding hydrogens is 310 g/mol. The molecule has 1 aromatic carbocycles. The number of hydrogen-bond acceptors (Lipinski definition) is 4. The molecule has 1 aliphatic rings. The van der Waals surface area contributed by atoms with Crippen molar-refractivity contribution in [1.29, 1.82) is 0 Å². The summed E-state index contributed by atoms with van der Waals surface area (Å²) in [6, 6.07) is 7.40. The molecule has 1 aromatic rings. The molecule has 2 atom stereocenters. The maximum Gasteiger partial charge on any atom is 0.308 e. The van der Waals surface area contributed by atoms with E-state index in [1.807, 2.05) is 31.2 Å². The minimum atomic E-state index is -0.817. The number of hydrogen-bond donors (Lipinski definition) is 1. The summed E-state index contributed by atoms with van der Waals surface area (Å²) >= 11 is 0. The van der Waals surface area contributed by atoms with Crippen molar-refractivity contribution >= 4 is 11.9 Å². The molecule has 6 heteroatoms. The van der Waals surface area contributed by atoms with Crippen molar-refractivity contribution in [3.05, 3.63) is 24.3 Å². The zero-order chi connectivity index (χ0) is 17.5. The van der Waals surface area contributed by atoms with Crippen molar-refractivity contribution in [2.45, 2.75) is 38.6 Å². The highest BCUT2D eigenvalue weighted by atomic mass is 16.5. The van der Waals surface area contributed by atoms with E-state index in [2.05, 4.69) is 0 Å². The first-order valence-electron chi connectivity index (χ1n) is 8.30. The number of carbonyl (C=O) groups excluding carboxylic acids is 1. The van der Waals surface area contributed by atoms with Crippen molar-refractivity contribution in [3.8, 4) is 11.5 Å². The molecule has 1 fully saturated rings. The van der Waals surface area contributed by atoms with Crippen LogP contribution in [0.4, 0.5) is 0 Å². The lowest BCUT2D eigenvalue weighted by Gasteiger charge is -2.36. The van der Waals surface area contributed by atoms with Gasteiger partial charge in [0.25, 0.3) is 0 Å². The lowest BCUT2D eigenvalue weighted by Crippen LogP contribution is -2.47. The molecule has 24 heavy (non-hydrogen) atoms. The molecule has 2 unspecified atom stereocenters. The van der Waals surface area contributed by atoms with Crippen molar-refractivity contribution in [3.63, 3.8) is 0 Å². The number of methoxy groups -OCH3 is 1. The molecule has 0 bridgehead atoms. The Morgan fingerprint density at radius 2 is 1.88 bits per heavy atom. The van der Waals surface area contributed by atoms with E-state index in [4.69, 9.17) is 14.6 Å². The third-order valence-corrected chi connectivity index (χ3v) is 4.41. The van der Waals surface area contributed by atoms with Gasteiger partial charge in [-0.25, -0.2) is 0 Å². The van der Waals surface area contributed by atoms with Gasteiger partial charge in [0.15, 0.2) is 0 Å². The summed E-state index contributed by atoms with van der Waals surface area (Å²) in [6.07, 6.45) is 2.35. The maximum atomic E-state index is 12.3. The number of likely N-dealkylation sites (tertiary alicyclic amines) is 1. The predicted octanol–water partition coefficient (Wildman–Crippen LogP) is 2.57. The fraction of sp³-hybridized carbons (Fsp3) is 0.556. The predicted molar refractivity (Wildman–Crippen MR) is 89.3 cm³/mol. The molecule has 0 spiro atoms. The molecule has 6 nitrogen and oxygen atoms in total. The third kappa shape index (κ3) is 4.88. The Morgan fingerprint density at radius 1 is 1.21 bits per heavy atom. The van der Waals surface area contributed by atoms with E-state index in [-0.39, 0.29) is 11.9 Å². The van der Waals surface area contributed by atoms with Crippen LogP contribution in [-0.4, -0.2) is 48.2 Å². The van der Waals surface area contributed by atoms with Gasteiger partial charge in [0.1, 0.15) is 11.5 Å². The van der Waals surface area contributed by atoms with E-state index in [1.165, 1.54) is 0 Å². The Bertz CT molecular complexity index is 557. The van der Waals surface area contributed by atoms with Crippen LogP contribution in [-0.2, 0) is 9.59 Å². The number of carboxylic acids is 1. The summed E-state index contributed by atoms with van der Waals surface area (Å²) in [6.45, 7) is 2.74. The lowest BCUT2D eigenvalue weighted by atomic mass is 9.93. The number of aliphatic carboxylic acids is 1. The monoisotopic (exact) mass is 335 g/mol. The highest BCUT2D eigenvalue weighted by Gasteiger charge is 2.32. The Kier molecular flexibility index (Phi) is 6.46. The van der Waals surface area contributed by atoms with Gasteiger partial charge >= 0.3 is 5.97 Å². The van der Waals surface area contributed by atoms with E-state index in [0.717, 1.165) is 17.9 Å². The zero-order valence-corrected chi connectivity index (χ0v) is 14.2. The average Bonchev–Trinajstić information content (AvgIpc) is 2.59. The number of benzene rings is 1. The first kappa shape index (κ1) is 18.1. The maximum absolute atomic E-state index is 12.3. The van der Waals surface area contributed by atoms with Crippen LogP contribution in [0, 0.1) is 5.92 Å². The molecule has 1 aliphatic heterocycles. The fourth-order valence-electron chi connectivity index (χ4n) is 2.89. The van der Waals surface area contributed by atoms with Gasteiger partial charge in [-0.05, 0) is 50.5 Å². The van der Waals surface area contributed by atoms with E-state index in [1.54, 1.807) is 12.0 Å². The Balaban J connectivity index is 1.74. The van der Waals surface area contributed by atoms with Gasteiger partial charge < -0.3 is 19.5 Å². The topological polar surface area (TPSA) is 76.1 Å². The molecule has 1 N–H and O–H groups in total. The standard InChI is InChI=1S/C18H25NO5/c1-13-5-6-14(18(21)22)12-19(13)17(20)4-3-11-24-16-9-7-15(23-2)8-10-16/h7-10,13-14H,3-6,11-12H2,1-2H3,(H,21,22). The Morgan fingerprint density at radius 3 is 2.50 bits per heavy atom. The second-order valence-corrected chi connectivity index (χ2v) is 6.14. The molecule has 0 saturated carbocycles. The van der Waals surface area contributed by atoms with Crippen LogP contribution in [0.1, 0.15) is 32.6 Å². The van der Waals surface area contributed by atoms with E-state index < -0.39 is 11.9 Å². The summed E-state index contributed by atoms with van der Waals surface area (Å²) < 4.78 is 10.7. The fourth-order valence-corrected chi connectivity index (χ4v) is 2.89. The number of piperidine rings is 1. The highest BCUT2D eigenvalue weighted by molar-refractivity contribution is 5.78. The number of nitrogens with zero attached hydrogens (tertiary/aromatic N) is 1. The Labute approximate surface area is 142 Å². The van der Waals surface area contributed by atoms with E-state index >= 15 is 0 Å². The number of amides is 1. The molecule has 2 rings (SSSR count). The molecule has 0 aromatic heterocycles.